The number of aryl methyl sites for hydroxylation is 1. The third-order valence-electron chi connectivity index (χ3n) is 4.23. The maximum Gasteiger partial charge on any atom is 0.238 e. The van der Waals surface area contributed by atoms with Gasteiger partial charge in [0.1, 0.15) is 16.6 Å². The first-order chi connectivity index (χ1) is 14.0. The second-order valence-electron chi connectivity index (χ2n) is 6.35. The van der Waals surface area contributed by atoms with E-state index in [1.807, 2.05) is 50.2 Å². The van der Waals surface area contributed by atoms with Gasteiger partial charge in [0.05, 0.1) is 23.7 Å². The molecule has 2 aromatic carbocycles. The molecule has 0 aliphatic rings. The van der Waals surface area contributed by atoms with E-state index in [1.54, 1.807) is 25.3 Å². The average Bonchev–Trinajstić information content (AvgIpc) is 2.72. The molecule has 5 nitrogen and oxygen atoms in total. The SMILES string of the molecule is CCC(Sc1cc(-c2ccccc2)nc(C)n1)C(=O)Nc1cc(Cl)ccc1OC. The highest BCUT2D eigenvalue weighted by atomic mass is 35.5. The van der Waals surface area contributed by atoms with Crippen molar-refractivity contribution in [3.05, 3.63) is 65.4 Å². The van der Waals surface area contributed by atoms with Crippen LogP contribution in [0.1, 0.15) is 19.2 Å². The number of benzene rings is 2. The van der Waals surface area contributed by atoms with Crippen LogP contribution in [0.3, 0.4) is 0 Å². The Morgan fingerprint density at radius 1 is 1.17 bits per heavy atom. The summed E-state index contributed by atoms with van der Waals surface area (Å²) >= 11 is 7.48. The summed E-state index contributed by atoms with van der Waals surface area (Å²) in [5, 5.41) is 3.89. The van der Waals surface area contributed by atoms with E-state index in [4.69, 9.17) is 16.3 Å². The van der Waals surface area contributed by atoms with Crippen LogP contribution in [0.25, 0.3) is 11.3 Å². The molecule has 0 aliphatic carbocycles. The summed E-state index contributed by atoms with van der Waals surface area (Å²) in [4.78, 5) is 21.9. The van der Waals surface area contributed by atoms with Crippen molar-refractivity contribution in [3.63, 3.8) is 0 Å². The number of ether oxygens (including phenoxy) is 1. The predicted molar refractivity (Wildman–Crippen MR) is 119 cm³/mol. The molecule has 0 bridgehead atoms. The van der Waals surface area contributed by atoms with Gasteiger partial charge in [0.25, 0.3) is 0 Å². The molecule has 7 heteroatoms. The van der Waals surface area contributed by atoms with Crippen LogP contribution in [0.2, 0.25) is 5.02 Å². The number of amides is 1. The Labute approximate surface area is 179 Å². The lowest BCUT2D eigenvalue weighted by Gasteiger charge is -2.16. The molecule has 0 fully saturated rings. The first kappa shape index (κ1) is 21.1. The number of halogens is 1. The summed E-state index contributed by atoms with van der Waals surface area (Å²) in [7, 11) is 1.56. The molecule has 1 heterocycles. The Morgan fingerprint density at radius 2 is 1.93 bits per heavy atom. The maximum atomic E-state index is 12.9. The summed E-state index contributed by atoms with van der Waals surface area (Å²) < 4.78 is 5.31. The van der Waals surface area contributed by atoms with Crippen molar-refractivity contribution in [2.45, 2.75) is 30.5 Å². The smallest absolute Gasteiger partial charge is 0.238 e. The fourth-order valence-electron chi connectivity index (χ4n) is 2.82. The number of methoxy groups -OCH3 is 1. The molecule has 3 aromatic rings. The molecule has 150 valence electrons. The molecule has 3 rings (SSSR count). The van der Waals surface area contributed by atoms with Crippen LogP contribution in [-0.4, -0.2) is 28.2 Å². The quantitative estimate of drug-likeness (QED) is 0.391. The van der Waals surface area contributed by atoms with Crippen molar-refractivity contribution in [3.8, 4) is 17.0 Å². The van der Waals surface area contributed by atoms with Gasteiger partial charge in [-0.05, 0) is 37.6 Å². The van der Waals surface area contributed by atoms with Crippen LogP contribution in [0, 0.1) is 6.92 Å². The van der Waals surface area contributed by atoms with E-state index in [0.717, 1.165) is 16.3 Å². The zero-order chi connectivity index (χ0) is 20.8. The van der Waals surface area contributed by atoms with Gasteiger partial charge >= 0.3 is 0 Å². The van der Waals surface area contributed by atoms with Gasteiger partial charge in [-0.25, -0.2) is 9.97 Å². The number of nitrogens with zero attached hydrogens (tertiary/aromatic N) is 2. The number of carbonyl (C=O) groups excluding carboxylic acids is 1. The second-order valence-corrected chi connectivity index (χ2v) is 8.01. The zero-order valence-corrected chi connectivity index (χ0v) is 18.1. The van der Waals surface area contributed by atoms with Gasteiger partial charge in [0.15, 0.2) is 0 Å². The van der Waals surface area contributed by atoms with Gasteiger partial charge in [-0.15, -0.1) is 0 Å². The van der Waals surface area contributed by atoms with Crippen molar-refractivity contribution in [2.24, 2.45) is 0 Å². The van der Waals surface area contributed by atoms with Crippen molar-refractivity contribution in [1.29, 1.82) is 0 Å². The van der Waals surface area contributed by atoms with E-state index in [1.165, 1.54) is 11.8 Å². The summed E-state index contributed by atoms with van der Waals surface area (Å²) in [6.45, 7) is 3.83. The lowest BCUT2D eigenvalue weighted by Crippen LogP contribution is -2.25. The van der Waals surface area contributed by atoms with Gasteiger partial charge in [0.2, 0.25) is 5.91 Å². The highest BCUT2D eigenvalue weighted by molar-refractivity contribution is 8.00. The minimum absolute atomic E-state index is 0.129. The van der Waals surface area contributed by atoms with E-state index in [2.05, 4.69) is 15.3 Å². The Balaban J connectivity index is 1.80. The lowest BCUT2D eigenvalue weighted by atomic mass is 10.1. The highest BCUT2D eigenvalue weighted by Gasteiger charge is 2.21. The molecule has 0 spiro atoms. The van der Waals surface area contributed by atoms with Crippen LogP contribution in [0.15, 0.2) is 59.6 Å². The van der Waals surface area contributed by atoms with Crippen LogP contribution in [-0.2, 0) is 4.79 Å². The standard InChI is InChI=1S/C22H22ClN3O2S/c1-4-20(22(27)26-18-12-16(23)10-11-19(18)28-3)29-21-13-17(24-14(2)25-21)15-8-6-5-7-9-15/h5-13,20H,4H2,1-3H3,(H,26,27). The number of anilines is 1. The first-order valence-corrected chi connectivity index (χ1v) is 10.5. The molecule has 1 aromatic heterocycles. The molecule has 0 saturated heterocycles. The molecular weight excluding hydrogens is 406 g/mol. The molecule has 0 radical (unpaired) electrons. The van der Waals surface area contributed by atoms with Crippen molar-refractivity contribution >= 4 is 35.0 Å². The summed E-state index contributed by atoms with van der Waals surface area (Å²) in [5.74, 6) is 1.10. The number of hydrogen-bond donors (Lipinski definition) is 1. The maximum absolute atomic E-state index is 12.9. The minimum Gasteiger partial charge on any atom is -0.495 e. The number of nitrogens with one attached hydrogen (secondary N) is 1. The Morgan fingerprint density at radius 3 is 2.62 bits per heavy atom. The number of aromatic nitrogens is 2. The largest absolute Gasteiger partial charge is 0.495 e. The molecule has 0 saturated carbocycles. The third-order valence-corrected chi connectivity index (χ3v) is 5.75. The van der Waals surface area contributed by atoms with Crippen LogP contribution >= 0.6 is 23.4 Å². The normalized spacial score (nSPS) is 11.7. The highest BCUT2D eigenvalue weighted by Crippen LogP contribution is 2.31. The summed E-state index contributed by atoms with van der Waals surface area (Å²) in [5.41, 5.74) is 2.40. The molecule has 1 N–H and O–H groups in total. The minimum atomic E-state index is -0.323. The molecular formula is C22H22ClN3O2S. The number of thioether (sulfide) groups is 1. The second kappa shape index (κ2) is 9.76. The van der Waals surface area contributed by atoms with E-state index in [0.29, 0.717) is 28.7 Å². The summed E-state index contributed by atoms with van der Waals surface area (Å²) in [6.07, 6.45) is 0.642. The number of hydrogen-bond acceptors (Lipinski definition) is 5. The Kier molecular flexibility index (Phi) is 7.12. The van der Waals surface area contributed by atoms with Gasteiger partial charge in [0, 0.05) is 10.6 Å². The monoisotopic (exact) mass is 427 g/mol. The van der Waals surface area contributed by atoms with Crippen LogP contribution < -0.4 is 10.1 Å². The van der Waals surface area contributed by atoms with Gasteiger partial charge < -0.3 is 10.1 Å². The fraction of sp³-hybridized carbons (Fsp3) is 0.227. The van der Waals surface area contributed by atoms with E-state index < -0.39 is 0 Å². The Hall–Kier alpha value is -2.57. The van der Waals surface area contributed by atoms with Crippen molar-refractivity contribution in [1.82, 2.24) is 9.97 Å². The lowest BCUT2D eigenvalue weighted by molar-refractivity contribution is -0.115. The predicted octanol–water partition coefficient (Wildman–Crippen LogP) is 5.62. The first-order valence-electron chi connectivity index (χ1n) is 9.22. The number of carbonyl (C=O) groups is 1. The average molecular weight is 428 g/mol. The summed E-state index contributed by atoms with van der Waals surface area (Å²) in [6, 6.07) is 17.0. The van der Waals surface area contributed by atoms with E-state index in [-0.39, 0.29) is 11.2 Å². The van der Waals surface area contributed by atoms with Crippen LogP contribution in [0.5, 0.6) is 5.75 Å². The molecule has 1 amide bonds. The van der Waals surface area contributed by atoms with Gasteiger partial charge in [-0.3, -0.25) is 4.79 Å². The molecule has 1 atom stereocenters. The topological polar surface area (TPSA) is 64.1 Å². The fourth-order valence-corrected chi connectivity index (χ4v) is 3.98. The van der Waals surface area contributed by atoms with E-state index in [9.17, 15) is 4.79 Å². The van der Waals surface area contributed by atoms with Crippen molar-refractivity contribution < 1.29 is 9.53 Å². The van der Waals surface area contributed by atoms with E-state index >= 15 is 0 Å². The Bertz CT molecular complexity index is 999. The van der Waals surface area contributed by atoms with Gasteiger partial charge in [-0.1, -0.05) is 60.6 Å². The molecule has 29 heavy (non-hydrogen) atoms. The molecule has 1 unspecified atom stereocenters. The number of rotatable bonds is 7. The van der Waals surface area contributed by atoms with Gasteiger partial charge in [-0.2, -0.15) is 0 Å². The van der Waals surface area contributed by atoms with Crippen LogP contribution in [0.4, 0.5) is 5.69 Å². The molecule has 0 aliphatic heterocycles. The third kappa shape index (κ3) is 5.49. The van der Waals surface area contributed by atoms with Crippen molar-refractivity contribution in [2.75, 3.05) is 12.4 Å². The zero-order valence-electron chi connectivity index (χ0n) is 16.5.